The van der Waals surface area contributed by atoms with E-state index in [9.17, 15) is 4.79 Å². The molecule has 1 amide bonds. The van der Waals surface area contributed by atoms with E-state index in [-0.39, 0.29) is 5.91 Å². The van der Waals surface area contributed by atoms with Crippen LogP contribution in [0.1, 0.15) is 10.4 Å². The molecule has 4 nitrogen and oxygen atoms in total. The maximum Gasteiger partial charge on any atom is 0.272 e. The second kappa shape index (κ2) is 5.94. The van der Waals surface area contributed by atoms with Crippen molar-refractivity contribution in [3.8, 4) is 0 Å². The number of nitrogens with one attached hydrogen (secondary N) is 1. The van der Waals surface area contributed by atoms with E-state index >= 15 is 0 Å². The largest absolute Gasteiger partial charge is 0.318 e. The first-order valence-corrected chi connectivity index (χ1v) is 8.42. The molecule has 1 aromatic heterocycles. The second-order valence-electron chi connectivity index (χ2n) is 5.49. The van der Waals surface area contributed by atoms with Gasteiger partial charge in [-0.2, -0.15) is 0 Å². The Labute approximate surface area is 142 Å². The summed E-state index contributed by atoms with van der Waals surface area (Å²) in [6.07, 6.45) is 0. The highest BCUT2D eigenvalue weighted by Crippen LogP contribution is 2.18. The Hall–Kier alpha value is -2.92. The lowest BCUT2D eigenvalue weighted by molar-refractivity contribution is 0.0954. The molecule has 24 heavy (non-hydrogen) atoms. The van der Waals surface area contributed by atoms with E-state index in [0.29, 0.717) is 5.56 Å². The third-order valence-electron chi connectivity index (χ3n) is 4.00. The maximum atomic E-state index is 12.5. The first kappa shape index (κ1) is 14.7. The number of aromatic nitrogens is 1. The van der Waals surface area contributed by atoms with Crippen molar-refractivity contribution in [1.29, 1.82) is 0 Å². The number of carbonyl (C=O) groups excluding carboxylic acids is 1. The maximum absolute atomic E-state index is 12.5. The fourth-order valence-electron chi connectivity index (χ4n) is 2.77. The lowest BCUT2D eigenvalue weighted by atomic mass is 10.0. The van der Waals surface area contributed by atoms with Gasteiger partial charge in [0.15, 0.2) is 0 Å². The van der Waals surface area contributed by atoms with Crippen LogP contribution in [-0.4, -0.2) is 10.5 Å². The van der Waals surface area contributed by atoms with Crippen LogP contribution in [0.25, 0.3) is 21.0 Å². The Bertz CT molecular complexity index is 1120. The average molecular weight is 333 g/mol. The van der Waals surface area contributed by atoms with Gasteiger partial charge < -0.3 is 4.57 Å². The van der Waals surface area contributed by atoms with E-state index in [4.69, 9.17) is 0 Å². The van der Waals surface area contributed by atoms with Gasteiger partial charge in [-0.15, -0.1) is 5.10 Å². The summed E-state index contributed by atoms with van der Waals surface area (Å²) >= 11 is 1.55. The minimum atomic E-state index is -0.204. The van der Waals surface area contributed by atoms with E-state index in [2.05, 4.69) is 10.5 Å². The molecule has 1 heterocycles. The standard InChI is InChI=1S/C19H15N3OS/c1-22-16-11-4-5-12-17(16)24-19(22)21-20-18(23)15-10-6-8-13-7-2-3-9-14(13)15/h2-12H,1H3,(H,20,23)/b21-19-. The summed E-state index contributed by atoms with van der Waals surface area (Å²) < 4.78 is 3.11. The summed E-state index contributed by atoms with van der Waals surface area (Å²) in [7, 11) is 1.95. The van der Waals surface area contributed by atoms with Gasteiger partial charge in [0.25, 0.3) is 5.91 Å². The molecule has 1 N–H and O–H groups in total. The first-order valence-electron chi connectivity index (χ1n) is 7.60. The van der Waals surface area contributed by atoms with Crippen LogP contribution in [0, 0.1) is 0 Å². The van der Waals surface area contributed by atoms with Crippen molar-refractivity contribution >= 4 is 38.2 Å². The van der Waals surface area contributed by atoms with Crippen LogP contribution in [0.5, 0.6) is 0 Å². The molecule has 0 bridgehead atoms. The number of fused-ring (bicyclic) bond motifs is 2. The minimum Gasteiger partial charge on any atom is -0.318 e. The molecule has 0 fully saturated rings. The van der Waals surface area contributed by atoms with Gasteiger partial charge in [0.2, 0.25) is 4.80 Å². The topological polar surface area (TPSA) is 46.4 Å². The van der Waals surface area contributed by atoms with Crippen molar-refractivity contribution < 1.29 is 4.79 Å². The SMILES string of the molecule is Cn1/c(=N/NC(=O)c2cccc3ccccc23)sc2ccccc21. The Morgan fingerprint density at radius 1 is 1.00 bits per heavy atom. The normalized spacial score (nSPS) is 12.0. The highest BCUT2D eigenvalue weighted by molar-refractivity contribution is 7.16. The van der Waals surface area contributed by atoms with E-state index < -0.39 is 0 Å². The van der Waals surface area contributed by atoms with Gasteiger partial charge in [0.1, 0.15) is 0 Å². The number of aryl methyl sites for hydroxylation is 1. The van der Waals surface area contributed by atoms with Gasteiger partial charge in [-0.3, -0.25) is 4.79 Å². The van der Waals surface area contributed by atoms with E-state index in [0.717, 1.165) is 25.8 Å². The molecule has 0 unspecified atom stereocenters. The highest BCUT2D eigenvalue weighted by Gasteiger charge is 2.09. The zero-order valence-electron chi connectivity index (χ0n) is 13.1. The number of rotatable bonds is 2. The Morgan fingerprint density at radius 3 is 2.62 bits per heavy atom. The summed E-state index contributed by atoms with van der Waals surface area (Å²) in [6.45, 7) is 0. The monoisotopic (exact) mass is 333 g/mol. The summed E-state index contributed by atoms with van der Waals surface area (Å²) in [4.78, 5) is 13.3. The number of hydrogen-bond acceptors (Lipinski definition) is 3. The lowest BCUT2D eigenvalue weighted by Crippen LogP contribution is -2.23. The van der Waals surface area contributed by atoms with Gasteiger partial charge in [-0.1, -0.05) is 59.9 Å². The molecule has 118 valence electrons. The number of hydrogen-bond donors (Lipinski definition) is 1. The molecule has 0 saturated carbocycles. The van der Waals surface area contributed by atoms with Crippen LogP contribution in [0.4, 0.5) is 0 Å². The summed E-state index contributed by atoms with van der Waals surface area (Å²) in [5, 5.41) is 6.27. The second-order valence-corrected chi connectivity index (χ2v) is 6.50. The number of carbonyl (C=O) groups is 1. The van der Waals surface area contributed by atoms with Gasteiger partial charge in [0.05, 0.1) is 10.2 Å². The Kier molecular flexibility index (Phi) is 3.63. The molecule has 5 heteroatoms. The molecule has 0 aliphatic carbocycles. The van der Waals surface area contributed by atoms with Crippen molar-refractivity contribution in [3.63, 3.8) is 0 Å². The third kappa shape index (κ3) is 2.49. The molecule has 0 aliphatic rings. The Balaban J connectivity index is 1.72. The molecule has 3 aromatic carbocycles. The van der Waals surface area contributed by atoms with Crippen LogP contribution in [0.15, 0.2) is 71.8 Å². The van der Waals surface area contributed by atoms with Gasteiger partial charge >= 0.3 is 0 Å². The zero-order chi connectivity index (χ0) is 16.5. The number of para-hydroxylation sites is 1. The van der Waals surface area contributed by atoms with Gasteiger partial charge in [0, 0.05) is 12.6 Å². The first-order chi connectivity index (χ1) is 11.7. The molecule has 4 aromatic rings. The molecular formula is C19H15N3OS. The number of thiazole rings is 1. The summed E-state index contributed by atoms with van der Waals surface area (Å²) in [5.74, 6) is -0.204. The third-order valence-corrected chi connectivity index (χ3v) is 5.11. The fraction of sp³-hybridized carbons (Fsp3) is 0.0526. The van der Waals surface area contributed by atoms with Crippen molar-refractivity contribution in [2.24, 2.45) is 12.1 Å². The molecule has 0 saturated heterocycles. The van der Waals surface area contributed by atoms with Crippen LogP contribution in [0.3, 0.4) is 0 Å². The number of benzene rings is 3. The van der Waals surface area contributed by atoms with Crippen molar-refractivity contribution in [3.05, 3.63) is 77.1 Å². The summed E-state index contributed by atoms with van der Waals surface area (Å²) in [5.41, 5.74) is 4.41. The van der Waals surface area contributed by atoms with Crippen molar-refractivity contribution in [1.82, 2.24) is 9.99 Å². The molecule has 0 aliphatic heterocycles. The Morgan fingerprint density at radius 2 is 1.75 bits per heavy atom. The molecule has 0 atom stereocenters. The van der Waals surface area contributed by atoms with Crippen LogP contribution < -0.4 is 10.2 Å². The quantitative estimate of drug-likeness (QED) is 0.559. The lowest BCUT2D eigenvalue weighted by Gasteiger charge is -2.04. The molecular weight excluding hydrogens is 318 g/mol. The number of amides is 1. The van der Waals surface area contributed by atoms with E-state index in [1.54, 1.807) is 11.3 Å². The smallest absolute Gasteiger partial charge is 0.272 e. The van der Waals surface area contributed by atoms with Crippen molar-refractivity contribution in [2.45, 2.75) is 0 Å². The van der Waals surface area contributed by atoms with Crippen LogP contribution in [-0.2, 0) is 7.05 Å². The van der Waals surface area contributed by atoms with Crippen LogP contribution >= 0.6 is 11.3 Å². The zero-order valence-corrected chi connectivity index (χ0v) is 13.9. The molecule has 0 radical (unpaired) electrons. The highest BCUT2D eigenvalue weighted by atomic mass is 32.1. The average Bonchev–Trinajstić information content (AvgIpc) is 2.95. The fourth-order valence-corrected chi connectivity index (χ4v) is 3.75. The minimum absolute atomic E-state index is 0.204. The predicted octanol–water partition coefficient (Wildman–Crippen LogP) is 3.64. The van der Waals surface area contributed by atoms with E-state index in [1.807, 2.05) is 78.3 Å². The van der Waals surface area contributed by atoms with Crippen LogP contribution in [0.2, 0.25) is 0 Å². The molecule has 4 rings (SSSR count). The van der Waals surface area contributed by atoms with Gasteiger partial charge in [-0.05, 0) is 29.0 Å². The summed E-state index contributed by atoms with van der Waals surface area (Å²) in [6, 6.07) is 21.6. The van der Waals surface area contributed by atoms with Crippen molar-refractivity contribution in [2.75, 3.05) is 0 Å². The van der Waals surface area contributed by atoms with Gasteiger partial charge in [-0.25, -0.2) is 5.43 Å². The molecule has 0 spiro atoms. The number of nitrogens with zero attached hydrogens (tertiary/aromatic N) is 2. The predicted molar refractivity (Wildman–Crippen MR) is 97.8 cm³/mol. The van der Waals surface area contributed by atoms with E-state index in [1.165, 1.54) is 0 Å².